The van der Waals surface area contributed by atoms with Gasteiger partial charge in [-0.15, -0.1) is 0 Å². The van der Waals surface area contributed by atoms with Gasteiger partial charge in [-0.25, -0.2) is 4.39 Å². The van der Waals surface area contributed by atoms with Crippen LogP contribution < -0.4 is 5.32 Å². The number of benzene rings is 2. The van der Waals surface area contributed by atoms with E-state index < -0.39 is 11.7 Å². The topological polar surface area (TPSA) is 55.1 Å². The number of halogens is 2. The average Bonchev–Trinajstić information content (AvgIpc) is 2.87. The van der Waals surface area contributed by atoms with E-state index in [2.05, 4.69) is 10.5 Å². The van der Waals surface area contributed by atoms with Crippen LogP contribution in [-0.4, -0.2) is 11.1 Å². The maximum Gasteiger partial charge on any atom is 0.230 e. The number of anilines is 1. The van der Waals surface area contributed by atoms with Gasteiger partial charge < -0.3 is 9.84 Å². The summed E-state index contributed by atoms with van der Waals surface area (Å²) in [5, 5.41) is 7.06. The van der Waals surface area contributed by atoms with Crippen molar-refractivity contribution in [2.75, 3.05) is 5.32 Å². The van der Waals surface area contributed by atoms with Crippen LogP contribution in [0.2, 0.25) is 5.02 Å². The van der Waals surface area contributed by atoms with Crippen LogP contribution in [0.1, 0.15) is 5.69 Å². The fourth-order valence-electron chi connectivity index (χ4n) is 2.01. The number of nitrogens with zero attached hydrogens (tertiary/aromatic N) is 1. The highest BCUT2D eigenvalue weighted by molar-refractivity contribution is 6.31. The number of amides is 1. The first-order valence-corrected chi connectivity index (χ1v) is 6.60. The molecule has 0 atom stereocenters. The lowest BCUT2D eigenvalue weighted by molar-refractivity contribution is -0.115. The molecular formula is C15H10ClFN2O2. The van der Waals surface area contributed by atoms with Gasteiger partial charge in [0.05, 0.1) is 17.1 Å². The maximum absolute atomic E-state index is 13.7. The van der Waals surface area contributed by atoms with E-state index in [9.17, 15) is 9.18 Å². The summed E-state index contributed by atoms with van der Waals surface area (Å²) in [4.78, 5) is 12.0. The maximum atomic E-state index is 13.7. The Morgan fingerprint density at radius 2 is 2.05 bits per heavy atom. The Balaban J connectivity index is 1.79. The molecule has 1 N–H and O–H groups in total. The number of hydrogen-bond donors (Lipinski definition) is 1. The van der Waals surface area contributed by atoms with Crippen molar-refractivity contribution in [3.63, 3.8) is 0 Å². The fourth-order valence-corrected chi connectivity index (χ4v) is 2.19. The van der Waals surface area contributed by atoms with E-state index >= 15 is 0 Å². The van der Waals surface area contributed by atoms with Crippen LogP contribution >= 0.6 is 11.6 Å². The highest BCUT2D eigenvalue weighted by atomic mass is 35.5. The van der Waals surface area contributed by atoms with Crippen LogP contribution in [0.15, 0.2) is 47.0 Å². The molecule has 0 saturated carbocycles. The SMILES string of the molecule is O=C(Cc1noc2ccccc12)Nc1cccc(Cl)c1F. The standard InChI is InChI=1S/C15H10ClFN2O2/c16-10-5-3-6-11(15(10)17)18-14(20)8-12-9-4-1-2-7-13(9)21-19-12/h1-7H,8H2,(H,18,20). The highest BCUT2D eigenvalue weighted by Crippen LogP contribution is 2.23. The summed E-state index contributed by atoms with van der Waals surface area (Å²) in [7, 11) is 0. The van der Waals surface area contributed by atoms with Crippen molar-refractivity contribution in [3.05, 3.63) is 59.0 Å². The van der Waals surface area contributed by atoms with Gasteiger partial charge in [0.25, 0.3) is 0 Å². The van der Waals surface area contributed by atoms with E-state index in [-0.39, 0.29) is 17.1 Å². The number of carbonyl (C=O) groups is 1. The third-order valence-electron chi connectivity index (χ3n) is 3.01. The Kier molecular flexibility index (Phi) is 3.58. The van der Waals surface area contributed by atoms with E-state index in [1.807, 2.05) is 18.2 Å². The van der Waals surface area contributed by atoms with Gasteiger partial charge in [0.15, 0.2) is 11.4 Å². The second-order valence-corrected chi connectivity index (χ2v) is 4.86. The van der Waals surface area contributed by atoms with Crippen LogP contribution in [0, 0.1) is 5.82 Å². The predicted octanol–water partition coefficient (Wildman–Crippen LogP) is 3.80. The summed E-state index contributed by atoms with van der Waals surface area (Å²) in [5.41, 5.74) is 1.15. The molecule has 0 fully saturated rings. The molecule has 0 aliphatic heterocycles. The Hall–Kier alpha value is -2.40. The van der Waals surface area contributed by atoms with Crippen LogP contribution in [-0.2, 0) is 11.2 Å². The highest BCUT2D eigenvalue weighted by Gasteiger charge is 2.14. The van der Waals surface area contributed by atoms with Crippen LogP contribution in [0.4, 0.5) is 10.1 Å². The van der Waals surface area contributed by atoms with Gasteiger partial charge in [-0.3, -0.25) is 4.79 Å². The van der Waals surface area contributed by atoms with Crippen molar-refractivity contribution in [3.8, 4) is 0 Å². The van der Waals surface area contributed by atoms with Crippen LogP contribution in [0.3, 0.4) is 0 Å². The molecule has 0 saturated heterocycles. The first-order chi connectivity index (χ1) is 10.1. The molecule has 1 heterocycles. The summed E-state index contributed by atoms with van der Waals surface area (Å²) < 4.78 is 18.8. The zero-order valence-electron chi connectivity index (χ0n) is 10.8. The van der Waals surface area contributed by atoms with Crippen molar-refractivity contribution >= 4 is 34.2 Å². The third-order valence-corrected chi connectivity index (χ3v) is 3.30. The first-order valence-electron chi connectivity index (χ1n) is 6.22. The molecule has 6 heteroatoms. The summed E-state index contributed by atoms with van der Waals surface area (Å²) in [5.74, 6) is -1.05. The Morgan fingerprint density at radius 1 is 1.24 bits per heavy atom. The zero-order chi connectivity index (χ0) is 14.8. The molecule has 0 aliphatic rings. The number of fused-ring (bicyclic) bond motifs is 1. The van der Waals surface area contributed by atoms with Crippen molar-refractivity contribution in [2.24, 2.45) is 0 Å². The Labute approximate surface area is 124 Å². The lowest BCUT2D eigenvalue weighted by Crippen LogP contribution is -2.15. The molecule has 1 amide bonds. The zero-order valence-corrected chi connectivity index (χ0v) is 11.5. The molecule has 0 radical (unpaired) electrons. The number of para-hydroxylation sites is 1. The molecule has 0 bridgehead atoms. The molecule has 106 valence electrons. The molecular weight excluding hydrogens is 295 g/mol. The molecule has 4 nitrogen and oxygen atoms in total. The van der Waals surface area contributed by atoms with Gasteiger partial charge in [0, 0.05) is 5.39 Å². The Morgan fingerprint density at radius 3 is 2.90 bits per heavy atom. The number of nitrogens with one attached hydrogen (secondary N) is 1. The van der Waals surface area contributed by atoms with Crippen molar-refractivity contribution in [1.82, 2.24) is 5.16 Å². The molecule has 1 aromatic heterocycles. The normalized spacial score (nSPS) is 10.8. The summed E-state index contributed by atoms with van der Waals surface area (Å²) in [6.07, 6.45) is -0.0109. The van der Waals surface area contributed by atoms with Crippen molar-refractivity contribution in [1.29, 1.82) is 0 Å². The summed E-state index contributed by atoms with van der Waals surface area (Å²) >= 11 is 5.66. The average molecular weight is 305 g/mol. The lowest BCUT2D eigenvalue weighted by atomic mass is 10.1. The van der Waals surface area contributed by atoms with Gasteiger partial charge in [-0.1, -0.05) is 35.0 Å². The van der Waals surface area contributed by atoms with Crippen molar-refractivity contribution in [2.45, 2.75) is 6.42 Å². The molecule has 0 unspecified atom stereocenters. The number of hydrogen-bond acceptors (Lipinski definition) is 3. The third kappa shape index (κ3) is 2.73. The monoisotopic (exact) mass is 304 g/mol. The van der Waals surface area contributed by atoms with Crippen LogP contribution in [0.25, 0.3) is 11.0 Å². The van der Waals surface area contributed by atoms with E-state index in [0.29, 0.717) is 11.3 Å². The minimum atomic E-state index is -0.655. The quantitative estimate of drug-likeness (QED) is 0.800. The number of rotatable bonds is 3. The predicted molar refractivity (Wildman–Crippen MR) is 77.8 cm³/mol. The summed E-state index contributed by atoms with van der Waals surface area (Å²) in [6.45, 7) is 0. The van der Waals surface area contributed by atoms with Gasteiger partial charge in [0.1, 0.15) is 5.69 Å². The van der Waals surface area contributed by atoms with Crippen molar-refractivity contribution < 1.29 is 13.7 Å². The second kappa shape index (κ2) is 5.54. The smallest absolute Gasteiger partial charge is 0.230 e. The number of aromatic nitrogens is 1. The van der Waals surface area contributed by atoms with E-state index in [4.69, 9.17) is 16.1 Å². The number of carbonyl (C=O) groups excluding carboxylic acids is 1. The Bertz CT molecular complexity index is 816. The largest absolute Gasteiger partial charge is 0.356 e. The van der Waals surface area contributed by atoms with Gasteiger partial charge in [0.2, 0.25) is 5.91 Å². The summed E-state index contributed by atoms with van der Waals surface area (Å²) in [6, 6.07) is 11.6. The lowest BCUT2D eigenvalue weighted by Gasteiger charge is -2.06. The molecule has 0 aliphatic carbocycles. The van der Waals surface area contributed by atoms with E-state index in [0.717, 1.165) is 5.39 Å². The van der Waals surface area contributed by atoms with Gasteiger partial charge >= 0.3 is 0 Å². The fraction of sp³-hybridized carbons (Fsp3) is 0.0667. The first kappa shape index (κ1) is 13.6. The van der Waals surface area contributed by atoms with Gasteiger partial charge in [-0.2, -0.15) is 0 Å². The minimum absolute atomic E-state index is 0.0109. The molecule has 0 spiro atoms. The van der Waals surface area contributed by atoms with Crippen LogP contribution in [0.5, 0.6) is 0 Å². The molecule has 21 heavy (non-hydrogen) atoms. The van der Waals surface area contributed by atoms with E-state index in [1.165, 1.54) is 12.1 Å². The van der Waals surface area contributed by atoms with Gasteiger partial charge in [-0.05, 0) is 24.3 Å². The van der Waals surface area contributed by atoms with E-state index in [1.54, 1.807) is 12.1 Å². The minimum Gasteiger partial charge on any atom is -0.356 e. The molecule has 3 aromatic rings. The molecule has 2 aromatic carbocycles. The second-order valence-electron chi connectivity index (χ2n) is 4.45. The molecule has 3 rings (SSSR count).